The van der Waals surface area contributed by atoms with Gasteiger partial charge in [-0.25, -0.2) is 4.98 Å². The van der Waals surface area contributed by atoms with Gasteiger partial charge in [-0.3, -0.25) is 4.68 Å². The summed E-state index contributed by atoms with van der Waals surface area (Å²) in [4.78, 5) is 4.37. The van der Waals surface area contributed by atoms with E-state index in [-0.39, 0.29) is 0 Å². The van der Waals surface area contributed by atoms with Gasteiger partial charge in [0.05, 0.1) is 34.0 Å². The van der Waals surface area contributed by atoms with Crippen molar-refractivity contribution in [3.63, 3.8) is 0 Å². The topological polar surface area (TPSA) is 49.2 Å². The Morgan fingerprint density at radius 3 is 2.65 bits per heavy atom. The summed E-state index contributed by atoms with van der Waals surface area (Å²) in [6, 6.07) is 16.0. The van der Waals surface area contributed by atoms with Crippen LogP contribution in [-0.2, 0) is 6.54 Å². The normalized spacial score (nSPS) is 10.6. The Morgan fingerprint density at radius 1 is 1.13 bits per heavy atom. The first-order valence-electron chi connectivity index (χ1n) is 10.0. The maximum Gasteiger partial charge on any atom is 0.232 e. The maximum atomic E-state index is 6.21. The predicted molar refractivity (Wildman–Crippen MR) is 131 cm³/mol. The number of fused-ring (bicyclic) bond motifs is 1. The summed E-state index contributed by atoms with van der Waals surface area (Å²) >= 11 is 2.23. The highest BCUT2D eigenvalue weighted by atomic mass is 127. The third kappa shape index (κ3) is 4.67. The van der Waals surface area contributed by atoms with E-state index in [9.17, 15) is 0 Å². The highest BCUT2D eigenvalue weighted by molar-refractivity contribution is 14.1. The van der Waals surface area contributed by atoms with E-state index in [2.05, 4.69) is 57.6 Å². The zero-order chi connectivity index (χ0) is 21.8. The van der Waals surface area contributed by atoms with Crippen LogP contribution in [0.15, 0.2) is 54.7 Å². The number of nitrogens with zero attached hydrogens (tertiary/aromatic N) is 3. The second-order valence-electron chi connectivity index (χ2n) is 7.00. The molecule has 2 heterocycles. The largest absolute Gasteiger partial charge is 0.497 e. The first-order valence-corrected chi connectivity index (χ1v) is 11.1. The number of hydrogen-bond acceptors (Lipinski definition) is 4. The number of aryl methyl sites for hydroxylation is 1. The van der Waals surface area contributed by atoms with Crippen molar-refractivity contribution in [1.29, 1.82) is 0 Å². The molecule has 0 aliphatic rings. The number of benzene rings is 2. The molecule has 0 amide bonds. The van der Waals surface area contributed by atoms with E-state index < -0.39 is 0 Å². The van der Waals surface area contributed by atoms with Crippen LogP contribution >= 0.6 is 22.6 Å². The van der Waals surface area contributed by atoms with Gasteiger partial charge in [0.15, 0.2) is 0 Å². The van der Waals surface area contributed by atoms with Crippen LogP contribution in [0.5, 0.6) is 17.4 Å². The zero-order valence-electron chi connectivity index (χ0n) is 17.6. The molecule has 2 aromatic carbocycles. The van der Waals surface area contributed by atoms with Crippen LogP contribution in [-0.4, -0.2) is 21.9 Å². The zero-order valence-corrected chi connectivity index (χ0v) is 19.8. The lowest BCUT2D eigenvalue weighted by molar-refractivity contribution is 0.414. The summed E-state index contributed by atoms with van der Waals surface area (Å²) in [5.74, 6) is 8.48. The molecular formula is C25H22IN3O2. The summed E-state index contributed by atoms with van der Waals surface area (Å²) in [6.07, 6.45) is 2.50. The van der Waals surface area contributed by atoms with Gasteiger partial charge in [-0.15, -0.1) is 0 Å². The van der Waals surface area contributed by atoms with Gasteiger partial charge in [0.2, 0.25) is 5.88 Å². The molecule has 2 aromatic heterocycles. The number of ether oxygens (including phenoxy) is 2. The molecule has 0 unspecified atom stereocenters. The standard InChI is InChI=1S/C25H22IN3O2/c1-4-5-7-19-14-21-17(2)28-29(16-18-9-11-20(30-3)12-10-18)23(21)15-24(19)31-25-22(26)8-6-13-27-25/h6,8-15H,4,16H2,1-3H3. The van der Waals surface area contributed by atoms with Gasteiger partial charge >= 0.3 is 0 Å². The summed E-state index contributed by atoms with van der Waals surface area (Å²) in [7, 11) is 1.67. The van der Waals surface area contributed by atoms with Crippen molar-refractivity contribution in [3.8, 4) is 29.2 Å². The summed E-state index contributed by atoms with van der Waals surface area (Å²) < 4.78 is 14.4. The van der Waals surface area contributed by atoms with E-state index in [1.165, 1.54) is 0 Å². The van der Waals surface area contributed by atoms with Crippen molar-refractivity contribution in [2.75, 3.05) is 7.11 Å². The molecule has 0 atom stereocenters. The van der Waals surface area contributed by atoms with Crippen molar-refractivity contribution in [2.45, 2.75) is 26.8 Å². The van der Waals surface area contributed by atoms with E-state index in [1.807, 2.05) is 48.9 Å². The van der Waals surface area contributed by atoms with Crippen molar-refractivity contribution in [3.05, 3.63) is 75.1 Å². The third-order valence-electron chi connectivity index (χ3n) is 4.86. The van der Waals surface area contributed by atoms with Gasteiger partial charge in [0, 0.05) is 24.1 Å². The van der Waals surface area contributed by atoms with Crippen molar-refractivity contribution in [1.82, 2.24) is 14.8 Å². The van der Waals surface area contributed by atoms with Crippen LogP contribution < -0.4 is 9.47 Å². The van der Waals surface area contributed by atoms with E-state index in [1.54, 1.807) is 13.3 Å². The van der Waals surface area contributed by atoms with E-state index >= 15 is 0 Å². The molecule has 0 aliphatic heterocycles. The quantitative estimate of drug-likeness (QED) is 0.240. The summed E-state index contributed by atoms with van der Waals surface area (Å²) in [5, 5.41) is 5.85. The lowest BCUT2D eigenvalue weighted by atomic mass is 10.1. The monoisotopic (exact) mass is 523 g/mol. The molecule has 0 aliphatic carbocycles. The molecule has 0 N–H and O–H groups in total. The fourth-order valence-electron chi connectivity index (χ4n) is 3.30. The highest BCUT2D eigenvalue weighted by Crippen LogP contribution is 2.32. The average Bonchev–Trinajstić information content (AvgIpc) is 3.08. The molecule has 4 aromatic rings. The minimum Gasteiger partial charge on any atom is -0.497 e. The highest BCUT2D eigenvalue weighted by Gasteiger charge is 2.15. The Bertz CT molecular complexity index is 1280. The molecule has 156 valence electrons. The third-order valence-corrected chi connectivity index (χ3v) is 5.68. The Labute approximate surface area is 195 Å². The first kappa shape index (κ1) is 21.2. The second kappa shape index (κ2) is 9.40. The van der Waals surface area contributed by atoms with Crippen LogP contribution in [0.25, 0.3) is 10.9 Å². The van der Waals surface area contributed by atoms with Crippen molar-refractivity contribution in [2.24, 2.45) is 0 Å². The van der Waals surface area contributed by atoms with Crippen molar-refractivity contribution >= 4 is 33.5 Å². The summed E-state index contributed by atoms with van der Waals surface area (Å²) in [6.45, 7) is 4.70. The van der Waals surface area contributed by atoms with E-state index in [0.29, 0.717) is 18.2 Å². The van der Waals surface area contributed by atoms with Gasteiger partial charge in [-0.1, -0.05) is 30.9 Å². The van der Waals surface area contributed by atoms with Crippen LogP contribution in [0.2, 0.25) is 0 Å². The number of hydrogen-bond donors (Lipinski definition) is 0. The Hall–Kier alpha value is -3.05. The maximum absolute atomic E-state index is 6.21. The van der Waals surface area contributed by atoms with Gasteiger partial charge in [0.1, 0.15) is 11.5 Å². The number of pyridine rings is 1. The number of halogens is 1. The van der Waals surface area contributed by atoms with Gasteiger partial charge in [-0.2, -0.15) is 5.10 Å². The number of rotatable bonds is 5. The molecule has 0 spiro atoms. The lowest BCUT2D eigenvalue weighted by Crippen LogP contribution is -2.02. The first-order chi connectivity index (χ1) is 15.1. The molecule has 0 radical (unpaired) electrons. The number of methoxy groups -OCH3 is 1. The molecule has 4 rings (SSSR count). The molecular weight excluding hydrogens is 501 g/mol. The SMILES string of the molecule is CCC#Cc1cc2c(C)nn(Cc3ccc(OC)cc3)c2cc1Oc1ncccc1I. The fourth-order valence-corrected chi connectivity index (χ4v) is 3.76. The smallest absolute Gasteiger partial charge is 0.232 e. The van der Waals surface area contributed by atoms with Gasteiger partial charge < -0.3 is 9.47 Å². The van der Waals surface area contributed by atoms with Crippen molar-refractivity contribution < 1.29 is 9.47 Å². The van der Waals surface area contributed by atoms with Crippen LogP contribution in [0.4, 0.5) is 0 Å². The average molecular weight is 523 g/mol. The van der Waals surface area contributed by atoms with Crippen LogP contribution in [0, 0.1) is 22.3 Å². The van der Waals surface area contributed by atoms with Crippen LogP contribution in [0.1, 0.15) is 30.2 Å². The van der Waals surface area contributed by atoms with Gasteiger partial charge in [-0.05, 0) is 65.4 Å². The predicted octanol–water partition coefficient (Wildman–Crippen LogP) is 5.96. The minimum atomic E-state index is 0.569. The molecule has 31 heavy (non-hydrogen) atoms. The Kier molecular flexibility index (Phi) is 6.42. The molecule has 0 fully saturated rings. The van der Waals surface area contributed by atoms with Gasteiger partial charge in [0.25, 0.3) is 0 Å². The second-order valence-corrected chi connectivity index (χ2v) is 8.17. The molecule has 5 nitrogen and oxygen atoms in total. The molecule has 0 bridgehead atoms. The minimum absolute atomic E-state index is 0.569. The molecule has 0 saturated heterocycles. The Morgan fingerprint density at radius 2 is 1.94 bits per heavy atom. The van der Waals surface area contributed by atoms with Crippen LogP contribution in [0.3, 0.4) is 0 Å². The van der Waals surface area contributed by atoms with E-state index in [0.717, 1.165) is 43.5 Å². The fraction of sp³-hybridized carbons (Fsp3) is 0.200. The molecule has 0 saturated carbocycles. The van der Waals surface area contributed by atoms with E-state index in [4.69, 9.17) is 14.6 Å². The summed E-state index contributed by atoms with van der Waals surface area (Å²) in [5.41, 5.74) is 3.93. The molecule has 6 heteroatoms. The Balaban J connectivity index is 1.79. The number of aromatic nitrogens is 3. The lowest BCUT2D eigenvalue weighted by Gasteiger charge is -2.10.